The lowest BCUT2D eigenvalue weighted by Gasteiger charge is -2.16. The van der Waals surface area contributed by atoms with Crippen LogP contribution >= 0.6 is 0 Å². The van der Waals surface area contributed by atoms with Crippen molar-refractivity contribution in [2.75, 3.05) is 0 Å². The number of benzene rings is 3. The highest BCUT2D eigenvalue weighted by Gasteiger charge is 2.31. The first-order valence-corrected chi connectivity index (χ1v) is 8.33. The lowest BCUT2D eigenvalue weighted by Crippen LogP contribution is -2.33. The molecule has 150 valence electrons. The van der Waals surface area contributed by atoms with Gasteiger partial charge in [0.05, 0.1) is 11.1 Å². The summed E-state index contributed by atoms with van der Waals surface area (Å²) >= 11 is 0. The Morgan fingerprint density at radius 3 is 1.17 bits per heavy atom. The van der Waals surface area contributed by atoms with Gasteiger partial charge < -0.3 is 10.0 Å². The van der Waals surface area contributed by atoms with Crippen LogP contribution in [0.1, 0.15) is 11.1 Å². The van der Waals surface area contributed by atoms with E-state index in [0.29, 0.717) is 11.1 Å². The third-order valence-corrected chi connectivity index (χ3v) is 4.41. The zero-order valence-electron chi connectivity index (χ0n) is 14.6. The predicted octanol–water partition coefficient (Wildman–Crippen LogP) is 4.74. The normalized spacial score (nSPS) is 12.1. The van der Waals surface area contributed by atoms with Gasteiger partial charge in [-0.25, -0.2) is 0 Å². The molecule has 0 atom stereocenters. The summed E-state index contributed by atoms with van der Waals surface area (Å²) in [6.45, 7) is 0. The molecule has 3 rings (SSSR count). The molecule has 0 fully saturated rings. The topological polar surface area (TPSA) is 40.5 Å². The highest BCUT2D eigenvalue weighted by molar-refractivity contribution is 6.62. The fraction of sp³-hybridized carbons (Fsp3) is 0.100. The minimum absolute atomic E-state index is 0.0213. The third kappa shape index (κ3) is 4.46. The van der Waals surface area contributed by atoms with E-state index in [4.69, 9.17) is 0 Å². The lowest BCUT2D eigenvalue weighted by atomic mass is 9.71. The van der Waals surface area contributed by atoms with Crippen LogP contribution in [0.15, 0.2) is 66.7 Å². The fourth-order valence-electron chi connectivity index (χ4n) is 3.02. The van der Waals surface area contributed by atoms with Gasteiger partial charge in [-0.1, -0.05) is 42.5 Å². The molecule has 0 bridgehead atoms. The van der Waals surface area contributed by atoms with Crippen molar-refractivity contribution in [2.45, 2.75) is 12.4 Å². The first kappa shape index (κ1) is 20.9. The predicted molar refractivity (Wildman–Crippen MR) is 97.1 cm³/mol. The summed E-state index contributed by atoms with van der Waals surface area (Å²) in [4.78, 5) is 0. The molecule has 0 heterocycles. The van der Waals surface area contributed by atoms with Crippen LogP contribution in [0, 0.1) is 0 Å². The Morgan fingerprint density at radius 2 is 0.897 bits per heavy atom. The molecule has 0 aliphatic carbocycles. The zero-order chi connectivity index (χ0) is 21.4. The largest absolute Gasteiger partial charge is 0.489 e. The van der Waals surface area contributed by atoms with E-state index in [-0.39, 0.29) is 16.6 Å². The molecule has 3 aromatic rings. The highest BCUT2D eigenvalue weighted by atomic mass is 19.4. The Bertz CT molecular complexity index is 918. The molecule has 2 nitrogen and oxygen atoms in total. The van der Waals surface area contributed by atoms with Gasteiger partial charge in [-0.2, -0.15) is 26.3 Å². The summed E-state index contributed by atoms with van der Waals surface area (Å²) in [6, 6.07) is 12.8. The summed E-state index contributed by atoms with van der Waals surface area (Å²) in [6.07, 6.45) is -9.03. The fourth-order valence-corrected chi connectivity index (χ4v) is 3.02. The summed E-state index contributed by atoms with van der Waals surface area (Å²) in [7, 11) is -1.99. The van der Waals surface area contributed by atoms with E-state index in [0.717, 1.165) is 24.3 Å². The Hall–Kier alpha value is -2.78. The van der Waals surface area contributed by atoms with E-state index in [2.05, 4.69) is 0 Å². The van der Waals surface area contributed by atoms with Crippen molar-refractivity contribution < 1.29 is 36.4 Å². The van der Waals surface area contributed by atoms with Gasteiger partial charge >= 0.3 is 19.5 Å². The second-order valence-corrected chi connectivity index (χ2v) is 6.29. The second-order valence-electron chi connectivity index (χ2n) is 6.29. The molecule has 0 radical (unpaired) electrons. The molecule has 0 saturated carbocycles. The Balaban J connectivity index is 2.10. The third-order valence-electron chi connectivity index (χ3n) is 4.41. The maximum Gasteiger partial charge on any atom is 0.489 e. The number of alkyl halides is 6. The van der Waals surface area contributed by atoms with Crippen LogP contribution in [-0.4, -0.2) is 17.2 Å². The van der Waals surface area contributed by atoms with Crippen molar-refractivity contribution in [3.8, 4) is 22.3 Å². The van der Waals surface area contributed by atoms with Gasteiger partial charge in [0.2, 0.25) is 0 Å². The van der Waals surface area contributed by atoms with Crippen LogP contribution in [0.3, 0.4) is 0 Å². The Morgan fingerprint density at radius 1 is 0.552 bits per heavy atom. The van der Waals surface area contributed by atoms with Crippen molar-refractivity contribution in [1.82, 2.24) is 0 Å². The Kier molecular flexibility index (Phi) is 5.47. The van der Waals surface area contributed by atoms with Crippen molar-refractivity contribution in [3.63, 3.8) is 0 Å². The molecule has 9 heteroatoms. The van der Waals surface area contributed by atoms with E-state index < -0.39 is 30.6 Å². The number of halogens is 6. The van der Waals surface area contributed by atoms with Crippen LogP contribution in [0.2, 0.25) is 0 Å². The van der Waals surface area contributed by atoms with Gasteiger partial charge in [-0.05, 0) is 52.0 Å². The van der Waals surface area contributed by atoms with Crippen molar-refractivity contribution in [2.24, 2.45) is 0 Å². The number of hydrogen-bond acceptors (Lipinski definition) is 2. The average Bonchev–Trinajstić information content (AvgIpc) is 2.66. The van der Waals surface area contributed by atoms with Gasteiger partial charge in [-0.3, -0.25) is 0 Å². The number of hydrogen-bond donors (Lipinski definition) is 2. The molecule has 0 unspecified atom stereocenters. The molecule has 0 amide bonds. The molecule has 0 aromatic heterocycles. The van der Waals surface area contributed by atoms with Crippen molar-refractivity contribution >= 4 is 12.6 Å². The molecule has 0 aliphatic heterocycles. The van der Waals surface area contributed by atoms with E-state index in [1.807, 2.05) is 0 Å². The van der Waals surface area contributed by atoms with Gasteiger partial charge in [0.25, 0.3) is 0 Å². The van der Waals surface area contributed by atoms with Gasteiger partial charge in [0, 0.05) is 0 Å². The standard InChI is InChI=1S/C20H13BF6O2/c22-19(23,24)14-8-4-12(5-9-14)16-2-1-3-17(18(16)21(28)29)13-6-10-15(11-7-13)20(25,26)27/h1-11,28-29H. The van der Waals surface area contributed by atoms with Crippen LogP contribution in [-0.2, 0) is 12.4 Å². The lowest BCUT2D eigenvalue weighted by molar-refractivity contribution is -0.138. The molecule has 3 aromatic carbocycles. The van der Waals surface area contributed by atoms with Crippen molar-refractivity contribution in [1.29, 1.82) is 0 Å². The Labute approximate surface area is 162 Å². The molecular weight excluding hydrogens is 397 g/mol. The number of rotatable bonds is 3. The molecule has 0 saturated heterocycles. The molecule has 0 spiro atoms. The highest BCUT2D eigenvalue weighted by Crippen LogP contribution is 2.33. The first-order chi connectivity index (χ1) is 13.5. The smallest absolute Gasteiger partial charge is 0.423 e. The van der Waals surface area contributed by atoms with Gasteiger partial charge in [0.1, 0.15) is 0 Å². The van der Waals surface area contributed by atoms with Crippen LogP contribution in [0.4, 0.5) is 26.3 Å². The van der Waals surface area contributed by atoms with E-state index >= 15 is 0 Å². The minimum atomic E-state index is -4.51. The van der Waals surface area contributed by atoms with Crippen LogP contribution in [0.25, 0.3) is 22.3 Å². The first-order valence-electron chi connectivity index (χ1n) is 8.33. The average molecular weight is 410 g/mol. The molecule has 29 heavy (non-hydrogen) atoms. The summed E-state index contributed by atoms with van der Waals surface area (Å²) in [5.41, 5.74) is -0.619. The zero-order valence-corrected chi connectivity index (χ0v) is 14.6. The van der Waals surface area contributed by atoms with E-state index in [1.54, 1.807) is 0 Å². The quantitative estimate of drug-likeness (QED) is 0.484. The van der Waals surface area contributed by atoms with Crippen molar-refractivity contribution in [3.05, 3.63) is 77.9 Å². The maximum absolute atomic E-state index is 12.8. The van der Waals surface area contributed by atoms with Crippen LogP contribution in [0.5, 0.6) is 0 Å². The van der Waals surface area contributed by atoms with Crippen LogP contribution < -0.4 is 5.46 Å². The second kappa shape index (κ2) is 7.57. The summed E-state index contributed by atoms with van der Waals surface area (Å²) in [5, 5.41) is 19.7. The minimum Gasteiger partial charge on any atom is -0.423 e. The maximum atomic E-state index is 12.8. The van der Waals surface area contributed by atoms with Gasteiger partial charge in [-0.15, -0.1) is 0 Å². The molecule has 0 aliphatic rings. The monoisotopic (exact) mass is 410 g/mol. The summed E-state index contributed by atoms with van der Waals surface area (Å²) in [5.74, 6) is 0. The summed E-state index contributed by atoms with van der Waals surface area (Å²) < 4.78 is 76.6. The SMILES string of the molecule is OB(O)c1c(-c2ccc(C(F)(F)F)cc2)cccc1-c1ccc(C(F)(F)F)cc1. The van der Waals surface area contributed by atoms with E-state index in [1.165, 1.54) is 42.5 Å². The van der Waals surface area contributed by atoms with Gasteiger partial charge in [0.15, 0.2) is 0 Å². The molecular formula is C20H13BF6O2. The molecule has 2 N–H and O–H groups in total. The van der Waals surface area contributed by atoms with E-state index in [9.17, 15) is 36.4 Å².